The van der Waals surface area contributed by atoms with Crippen LogP contribution in [0.3, 0.4) is 0 Å². The van der Waals surface area contributed by atoms with E-state index in [1.165, 1.54) is 17.3 Å². The summed E-state index contributed by atoms with van der Waals surface area (Å²) < 4.78 is 5.15. The van der Waals surface area contributed by atoms with Crippen molar-refractivity contribution < 1.29 is 34.8 Å². The molecule has 0 unspecified atom stereocenters. The molecule has 1 fully saturated rings. The Bertz CT molecular complexity index is 809. The van der Waals surface area contributed by atoms with Crippen LogP contribution in [-0.2, 0) is 20.8 Å². The van der Waals surface area contributed by atoms with Crippen LogP contribution in [0, 0.1) is 22.0 Å². The van der Waals surface area contributed by atoms with Gasteiger partial charge in [0.15, 0.2) is 0 Å². The fourth-order valence-corrected chi connectivity index (χ4v) is 5.31. The van der Waals surface area contributed by atoms with Crippen LogP contribution < -0.4 is 0 Å². The van der Waals surface area contributed by atoms with Gasteiger partial charge in [-0.05, 0) is 68.8 Å². The monoisotopic (exact) mass is 539 g/mol. The van der Waals surface area contributed by atoms with Crippen LogP contribution in [0.1, 0.15) is 56.9 Å². The zero-order chi connectivity index (χ0) is 26.9. The molecule has 9 nitrogen and oxygen atoms in total. The zero-order valence-electron chi connectivity index (χ0n) is 21.4. The summed E-state index contributed by atoms with van der Waals surface area (Å²) in [5.41, 5.74) is 1.20. The molecule has 1 saturated carbocycles. The minimum Gasteiger partial charge on any atom is -0.465 e. The summed E-state index contributed by atoms with van der Waals surface area (Å²) in [5, 5.41) is 40.5. The van der Waals surface area contributed by atoms with E-state index in [9.17, 15) is 30.2 Å². The number of esters is 1. The second-order valence-corrected chi connectivity index (χ2v) is 10.7. The number of nitrogens with zero attached hydrogens (tertiary/aromatic N) is 1. The summed E-state index contributed by atoms with van der Waals surface area (Å²) in [5.74, 6) is 0.686. The first-order valence-electron chi connectivity index (χ1n) is 13.1. The number of aliphatic hydroxyl groups is 3. The highest BCUT2D eigenvalue weighted by atomic mass is 32.2. The largest absolute Gasteiger partial charge is 0.465 e. The molecule has 10 heteroatoms. The second-order valence-electron chi connectivity index (χ2n) is 9.44. The molecule has 0 amide bonds. The third kappa shape index (κ3) is 13.3. The first kappa shape index (κ1) is 31.1. The second kappa shape index (κ2) is 18.2. The Morgan fingerprint density at radius 3 is 2.59 bits per heavy atom. The fourth-order valence-electron chi connectivity index (χ4n) is 4.71. The van der Waals surface area contributed by atoms with Crippen LogP contribution in [0.15, 0.2) is 42.5 Å². The third-order valence-corrected chi connectivity index (χ3v) is 7.62. The Balaban J connectivity index is 1.57. The average Bonchev–Trinajstić information content (AvgIpc) is 3.15. The summed E-state index contributed by atoms with van der Waals surface area (Å²) in [7, 11) is 0. The molecule has 0 bridgehead atoms. The number of thioether (sulfide) groups is 1. The van der Waals surface area contributed by atoms with Crippen molar-refractivity contribution >= 4 is 17.7 Å². The molecule has 0 saturated heterocycles. The van der Waals surface area contributed by atoms with E-state index in [2.05, 4.69) is 17.0 Å². The van der Waals surface area contributed by atoms with Crippen LogP contribution in [-0.4, -0.2) is 69.4 Å². The molecule has 2 rings (SSSR count). The molecule has 1 aromatic carbocycles. The van der Waals surface area contributed by atoms with E-state index in [0.29, 0.717) is 56.5 Å². The highest BCUT2D eigenvalue weighted by molar-refractivity contribution is 7.99. The van der Waals surface area contributed by atoms with Crippen molar-refractivity contribution in [3.8, 4) is 0 Å². The van der Waals surface area contributed by atoms with E-state index in [0.717, 1.165) is 12.8 Å². The number of aliphatic hydroxyl groups excluding tert-OH is 3. The van der Waals surface area contributed by atoms with Crippen molar-refractivity contribution in [2.75, 3.05) is 24.7 Å². The Morgan fingerprint density at radius 2 is 1.84 bits per heavy atom. The number of carbonyl (C=O) groups is 1. The normalized spacial score (nSPS) is 22.2. The number of carbonyl (C=O) groups excluding carboxylic acids is 1. The van der Waals surface area contributed by atoms with Gasteiger partial charge in [0.25, 0.3) is 5.09 Å². The number of benzene rings is 1. The van der Waals surface area contributed by atoms with Crippen LogP contribution >= 0.6 is 11.8 Å². The average molecular weight is 540 g/mol. The van der Waals surface area contributed by atoms with Crippen molar-refractivity contribution in [1.82, 2.24) is 0 Å². The fraction of sp³-hybridized carbons (Fsp3) is 0.667. The van der Waals surface area contributed by atoms with Gasteiger partial charge in [0.1, 0.15) is 13.2 Å². The minimum absolute atomic E-state index is 0.0201. The smallest absolute Gasteiger partial charge is 0.305 e. The molecular formula is C27H41NO8S. The van der Waals surface area contributed by atoms with Crippen LogP contribution in [0.5, 0.6) is 0 Å². The number of hydrogen-bond donors (Lipinski definition) is 3. The summed E-state index contributed by atoms with van der Waals surface area (Å²) in [6, 6.07) is 10.1. The minimum atomic E-state index is -0.826. The molecule has 0 spiro atoms. The number of ether oxygens (including phenoxy) is 1. The van der Waals surface area contributed by atoms with Crippen molar-refractivity contribution in [2.24, 2.45) is 11.8 Å². The standard InChI is InChI=1S/C27H41NO8S/c29-22(13-12-21-8-4-3-5-9-21)14-15-24-23(25(30)20-26(24)31)10-6-1-2-7-11-27(32)35-16-18-37-19-17-36-28(33)34/h1,3-6,8-9,22-26,29-31H,2,7,10-20H2/t22-,23+,24+,25-,26+/m0/s1. The first-order valence-corrected chi connectivity index (χ1v) is 14.3. The van der Waals surface area contributed by atoms with E-state index in [1.807, 2.05) is 30.4 Å². The van der Waals surface area contributed by atoms with E-state index >= 15 is 0 Å². The van der Waals surface area contributed by atoms with Gasteiger partial charge in [-0.15, -0.1) is 10.1 Å². The lowest BCUT2D eigenvalue weighted by Gasteiger charge is -2.23. The Kier molecular flexibility index (Phi) is 15.3. The quantitative estimate of drug-likeness (QED) is 0.0789. The lowest BCUT2D eigenvalue weighted by molar-refractivity contribution is -0.756. The van der Waals surface area contributed by atoms with Gasteiger partial charge in [-0.25, -0.2) is 0 Å². The van der Waals surface area contributed by atoms with Crippen molar-refractivity contribution in [2.45, 2.75) is 76.1 Å². The predicted molar refractivity (Wildman–Crippen MR) is 142 cm³/mol. The van der Waals surface area contributed by atoms with Gasteiger partial charge in [0.2, 0.25) is 0 Å². The lowest BCUT2D eigenvalue weighted by Crippen LogP contribution is -2.23. The van der Waals surface area contributed by atoms with E-state index in [4.69, 9.17) is 4.74 Å². The number of allylic oxidation sites excluding steroid dienone is 2. The number of unbranched alkanes of at least 4 members (excludes halogenated alkanes) is 1. The predicted octanol–water partition coefficient (Wildman–Crippen LogP) is 3.72. The number of hydrogen-bond acceptors (Lipinski definition) is 9. The highest BCUT2D eigenvalue weighted by Crippen LogP contribution is 2.38. The topological polar surface area (TPSA) is 139 Å². The molecule has 37 heavy (non-hydrogen) atoms. The molecule has 5 atom stereocenters. The molecule has 0 aromatic heterocycles. The van der Waals surface area contributed by atoms with Crippen molar-refractivity contribution in [3.63, 3.8) is 0 Å². The summed E-state index contributed by atoms with van der Waals surface area (Å²) in [6.45, 7) is 0.286. The van der Waals surface area contributed by atoms with Gasteiger partial charge in [0, 0.05) is 17.9 Å². The Labute approximate surface area is 223 Å². The van der Waals surface area contributed by atoms with E-state index in [1.54, 1.807) is 0 Å². The molecule has 208 valence electrons. The van der Waals surface area contributed by atoms with Crippen molar-refractivity contribution in [1.29, 1.82) is 0 Å². The molecule has 1 aliphatic carbocycles. The first-order chi connectivity index (χ1) is 17.9. The lowest BCUT2D eigenvalue weighted by atomic mass is 9.85. The molecule has 0 radical (unpaired) electrons. The summed E-state index contributed by atoms with van der Waals surface area (Å²) in [4.78, 5) is 26.0. The molecular weight excluding hydrogens is 498 g/mol. The Hall–Kier alpha value is -2.14. The van der Waals surface area contributed by atoms with Crippen molar-refractivity contribution in [3.05, 3.63) is 58.2 Å². The molecule has 0 heterocycles. The maximum absolute atomic E-state index is 11.8. The van der Waals surface area contributed by atoms with Gasteiger partial charge in [0.05, 0.1) is 18.3 Å². The molecule has 1 aromatic rings. The third-order valence-electron chi connectivity index (χ3n) is 6.71. The zero-order valence-corrected chi connectivity index (χ0v) is 22.2. The van der Waals surface area contributed by atoms with E-state index in [-0.39, 0.29) is 31.0 Å². The Morgan fingerprint density at radius 1 is 1.11 bits per heavy atom. The number of aryl methyl sites for hydroxylation is 1. The van der Waals surface area contributed by atoms with Gasteiger partial charge in [-0.3, -0.25) is 4.79 Å². The van der Waals surface area contributed by atoms with Gasteiger partial charge in [-0.2, -0.15) is 11.8 Å². The highest BCUT2D eigenvalue weighted by Gasteiger charge is 2.40. The van der Waals surface area contributed by atoms with Crippen LogP contribution in [0.2, 0.25) is 0 Å². The molecule has 3 N–H and O–H groups in total. The van der Waals surface area contributed by atoms with Gasteiger partial charge >= 0.3 is 5.97 Å². The summed E-state index contributed by atoms with van der Waals surface area (Å²) in [6.07, 6.45) is 7.99. The maximum atomic E-state index is 11.8. The number of rotatable bonds is 19. The van der Waals surface area contributed by atoms with Gasteiger partial charge in [-0.1, -0.05) is 42.5 Å². The van der Waals surface area contributed by atoms with Crippen LogP contribution in [0.4, 0.5) is 0 Å². The van der Waals surface area contributed by atoms with E-state index < -0.39 is 23.4 Å². The van der Waals surface area contributed by atoms with Crippen LogP contribution in [0.25, 0.3) is 0 Å². The molecule has 0 aliphatic heterocycles. The van der Waals surface area contributed by atoms with Gasteiger partial charge < -0.3 is 24.9 Å². The molecule has 1 aliphatic rings. The summed E-state index contributed by atoms with van der Waals surface area (Å²) >= 11 is 1.42. The SMILES string of the molecule is O=C(CCCC=CC[C@@H]1[C@@H](CC[C@@H](O)CCc2ccccc2)[C@H](O)C[C@@H]1O)OCCSCCO[N+](=O)[O-]. The maximum Gasteiger partial charge on any atom is 0.305 e.